The molecule has 1 aliphatic rings. The van der Waals surface area contributed by atoms with Gasteiger partial charge in [0, 0.05) is 12.6 Å². The molecule has 19 heavy (non-hydrogen) atoms. The molecule has 1 unspecified atom stereocenters. The predicted molar refractivity (Wildman–Crippen MR) is 75.3 cm³/mol. The van der Waals surface area contributed by atoms with Crippen LogP contribution in [0.2, 0.25) is 0 Å². The first-order valence-electron chi connectivity index (χ1n) is 6.90. The van der Waals surface area contributed by atoms with Crippen molar-refractivity contribution in [2.45, 2.75) is 31.7 Å². The van der Waals surface area contributed by atoms with Crippen LogP contribution in [0.15, 0.2) is 24.3 Å². The molecule has 104 valence electrons. The van der Waals surface area contributed by atoms with Crippen LogP contribution in [0.5, 0.6) is 5.75 Å². The molecule has 1 aliphatic carbocycles. The lowest BCUT2D eigenvalue weighted by molar-refractivity contribution is 0.0921. The molecule has 3 N–H and O–H groups in total. The summed E-state index contributed by atoms with van der Waals surface area (Å²) in [5, 5.41) is 3.06. The molecule has 1 saturated carbocycles. The van der Waals surface area contributed by atoms with E-state index in [9.17, 15) is 4.79 Å². The van der Waals surface area contributed by atoms with Gasteiger partial charge in [-0.2, -0.15) is 0 Å². The van der Waals surface area contributed by atoms with Crippen LogP contribution in [0.3, 0.4) is 0 Å². The average molecular weight is 262 g/mol. The van der Waals surface area contributed by atoms with Crippen LogP contribution in [0.1, 0.15) is 36.0 Å². The summed E-state index contributed by atoms with van der Waals surface area (Å²) in [6, 6.07) is 7.33. The van der Waals surface area contributed by atoms with E-state index >= 15 is 0 Å². The maximum Gasteiger partial charge on any atom is 0.255 e. The summed E-state index contributed by atoms with van der Waals surface area (Å²) in [5.74, 6) is 1.02. The second kappa shape index (κ2) is 6.57. The van der Waals surface area contributed by atoms with Gasteiger partial charge in [-0.05, 0) is 30.9 Å². The summed E-state index contributed by atoms with van der Waals surface area (Å²) in [5.41, 5.74) is 6.37. The predicted octanol–water partition coefficient (Wildman–Crippen LogP) is 1.94. The van der Waals surface area contributed by atoms with Gasteiger partial charge in [0.15, 0.2) is 0 Å². The molecular weight excluding hydrogens is 240 g/mol. The maximum absolute atomic E-state index is 12.3. The highest BCUT2D eigenvalue weighted by Crippen LogP contribution is 2.28. The van der Waals surface area contributed by atoms with Gasteiger partial charge < -0.3 is 15.8 Å². The van der Waals surface area contributed by atoms with Crippen LogP contribution in [0, 0.1) is 5.92 Å². The van der Waals surface area contributed by atoms with Crippen molar-refractivity contribution < 1.29 is 9.53 Å². The first kappa shape index (κ1) is 13.9. The zero-order chi connectivity index (χ0) is 13.7. The van der Waals surface area contributed by atoms with Crippen molar-refractivity contribution in [2.24, 2.45) is 11.7 Å². The number of hydrogen-bond acceptors (Lipinski definition) is 3. The average Bonchev–Trinajstić information content (AvgIpc) is 2.98. The van der Waals surface area contributed by atoms with E-state index in [-0.39, 0.29) is 11.9 Å². The first-order chi connectivity index (χ1) is 9.26. The van der Waals surface area contributed by atoms with E-state index in [2.05, 4.69) is 5.32 Å². The van der Waals surface area contributed by atoms with E-state index in [1.165, 1.54) is 12.8 Å². The molecule has 0 radical (unpaired) electrons. The fourth-order valence-electron chi connectivity index (χ4n) is 2.81. The standard InChI is InChI=1S/C15H22N2O2/c1-19-14-9-5-4-8-12(14)15(18)17-13(10-16)11-6-2-3-7-11/h4-5,8-9,11,13H,2-3,6-7,10,16H2,1H3,(H,17,18). The number of ether oxygens (including phenoxy) is 1. The molecule has 1 fully saturated rings. The van der Waals surface area contributed by atoms with Crippen LogP contribution in [0.25, 0.3) is 0 Å². The summed E-state index contributed by atoms with van der Waals surface area (Å²) in [4.78, 5) is 12.3. The van der Waals surface area contributed by atoms with E-state index in [0.29, 0.717) is 23.8 Å². The molecule has 0 bridgehead atoms. The molecule has 0 saturated heterocycles. The van der Waals surface area contributed by atoms with E-state index in [1.54, 1.807) is 19.2 Å². The van der Waals surface area contributed by atoms with Gasteiger partial charge >= 0.3 is 0 Å². The van der Waals surface area contributed by atoms with E-state index in [4.69, 9.17) is 10.5 Å². The van der Waals surface area contributed by atoms with E-state index in [0.717, 1.165) is 12.8 Å². The molecule has 1 aromatic carbocycles. The Morgan fingerprint density at radius 1 is 1.42 bits per heavy atom. The molecule has 1 aromatic rings. The Hall–Kier alpha value is -1.55. The van der Waals surface area contributed by atoms with Crippen molar-refractivity contribution in [3.8, 4) is 5.75 Å². The van der Waals surface area contributed by atoms with Gasteiger partial charge in [-0.25, -0.2) is 0 Å². The van der Waals surface area contributed by atoms with Gasteiger partial charge in [-0.15, -0.1) is 0 Å². The number of nitrogens with one attached hydrogen (secondary N) is 1. The second-order valence-corrected chi connectivity index (χ2v) is 5.06. The van der Waals surface area contributed by atoms with Crippen molar-refractivity contribution in [3.63, 3.8) is 0 Å². The topological polar surface area (TPSA) is 64.3 Å². The Balaban J connectivity index is 2.06. The highest BCUT2D eigenvalue weighted by molar-refractivity contribution is 5.97. The summed E-state index contributed by atoms with van der Waals surface area (Å²) < 4.78 is 5.22. The molecule has 4 nitrogen and oxygen atoms in total. The first-order valence-corrected chi connectivity index (χ1v) is 6.90. The number of nitrogens with two attached hydrogens (primary N) is 1. The van der Waals surface area contributed by atoms with Crippen molar-refractivity contribution in [2.75, 3.05) is 13.7 Å². The maximum atomic E-state index is 12.3. The zero-order valence-corrected chi connectivity index (χ0v) is 11.4. The zero-order valence-electron chi connectivity index (χ0n) is 11.4. The molecule has 0 spiro atoms. The molecular formula is C15H22N2O2. The third kappa shape index (κ3) is 3.26. The van der Waals surface area contributed by atoms with Gasteiger partial charge in [0.25, 0.3) is 5.91 Å². The Bertz CT molecular complexity index is 428. The normalized spacial score (nSPS) is 17.2. The fourth-order valence-corrected chi connectivity index (χ4v) is 2.81. The molecule has 0 heterocycles. The van der Waals surface area contributed by atoms with Gasteiger partial charge in [0.1, 0.15) is 5.75 Å². The SMILES string of the molecule is COc1ccccc1C(=O)NC(CN)C1CCCC1. The summed E-state index contributed by atoms with van der Waals surface area (Å²) in [7, 11) is 1.57. The third-order valence-electron chi connectivity index (χ3n) is 3.89. The number of amides is 1. The fraction of sp³-hybridized carbons (Fsp3) is 0.533. The van der Waals surface area contributed by atoms with Gasteiger partial charge in [0.05, 0.1) is 12.7 Å². The third-order valence-corrected chi connectivity index (χ3v) is 3.89. The lowest BCUT2D eigenvalue weighted by atomic mass is 9.98. The van der Waals surface area contributed by atoms with E-state index < -0.39 is 0 Å². The Kier molecular flexibility index (Phi) is 4.80. The molecule has 0 aromatic heterocycles. The Morgan fingerprint density at radius 3 is 2.74 bits per heavy atom. The van der Waals surface area contributed by atoms with Crippen molar-refractivity contribution in [1.82, 2.24) is 5.32 Å². The van der Waals surface area contributed by atoms with Crippen LogP contribution in [-0.4, -0.2) is 25.6 Å². The molecule has 4 heteroatoms. The monoisotopic (exact) mass is 262 g/mol. The Labute approximate surface area is 114 Å². The Morgan fingerprint density at radius 2 is 2.11 bits per heavy atom. The van der Waals surface area contributed by atoms with Crippen LogP contribution in [0.4, 0.5) is 0 Å². The molecule has 0 aliphatic heterocycles. The van der Waals surface area contributed by atoms with Gasteiger partial charge in [-0.1, -0.05) is 25.0 Å². The minimum atomic E-state index is -0.0974. The van der Waals surface area contributed by atoms with Gasteiger partial charge in [0.2, 0.25) is 0 Å². The largest absolute Gasteiger partial charge is 0.496 e. The van der Waals surface area contributed by atoms with Gasteiger partial charge in [-0.3, -0.25) is 4.79 Å². The summed E-state index contributed by atoms with van der Waals surface area (Å²) in [6.07, 6.45) is 4.81. The minimum absolute atomic E-state index is 0.0694. The number of para-hydroxylation sites is 1. The van der Waals surface area contributed by atoms with Crippen LogP contribution < -0.4 is 15.8 Å². The number of carbonyl (C=O) groups excluding carboxylic acids is 1. The minimum Gasteiger partial charge on any atom is -0.496 e. The highest BCUT2D eigenvalue weighted by atomic mass is 16.5. The smallest absolute Gasteiger partial charge is 0.255 e. The summed E-state index contributed by atoms with van der Waals surface area (Å²) in [6.45, 7) is 0.492. The van der Waals surface area contributed by atoms with Crippen LogP contribution in [-0.2, 0) is 0 Å². The quantitative estimate of drug-likeness (QED) is 0.852. The van der Waals surface area contributed by atoms with Crippen molar-refractivity contribution >= 4 is 5.91 Å². The summed E-state index contributed by atoms with van der Waals surface area (Å²) >= 11 is 0. The van der Waals surface area contributed by atoms with Crippen LogP contribution >= 0.6 is 0 Å². The van der Waals surface area contributed by atoms with E-state index in [1.807, 2.05) is 12.1 Å². The second-order valence-electron chi connectivity index (χ2n) is 5.06. The number of carbonyl (C=O) groups is 1. The number of hydrogen-bond donors (Lipinski definition) is 2. The lowest BCUT2D eigenvalue weighted by Crippen LogP contribution is -2.44. The number of methoxy groups -OCH3 is 1. The lowest BCUT2D eigenvalue weighted by Gasteiger charge is -2.23. The molecule has 1 amide bonds. The molecule has 2 rings (SSSR count). The highest BCUT2D eigenvalue weighted by Gasteiger charge is 2.26. The molecule has 1 atom stereocenters. The number of rotatable bonds is 5. The van der Waals surface area contributed by atoms with Crippen molar-refractivity contribution in [3.05, 3.63) is 29.8 Å². The van der Waals surface area contributed by atoms with Crippen molar-refractivity contribution in [1.29, 1.82) is 0 Å². The number of benzene rings is 1.